The van der Waals surface area contributed by atoms with E-state index in [1.54, 1.807) is 0 Å². The molecule has 1 amide bonds. The minimum atomic E-state index is -0.643. The van der Waals surface area contributed by atoms with Crippen LogP contribution in [0.3, 0.4) is 0 Å². The highest BCUT2D eigenvalue weighted by Gasteiger charge is 2.20. The SMILES string of the molecule is COC(=O)c1cc(Br)c(NC(C)=O)c(I)c1O. The number of halogens is 2. The molecule has 7 heteroatoms. The third kappa shape index (κ3) is 3.09. The maximum Gasteiger partial charge on any atom is 0.341 e. The van der Waals surface area contributed by atoms with Crippen molar-refractivity contribution < 1.29 is 19.4 Å². The first-order valence-electron chi connectivity index (χ1n) is 4.45. The zero-order chi connectivity index (χ0) is 13.2. The zero-order valence-electron chi connectivity index (χ0n) is 9.01. The molecule has 2 N–H and O–H groups in total. The molecular formula is C10H9BrINO4. The van der Waals surface area contributed by atoms with E-state index in [0.29, 0.717) is 13.7 Å². The van der Waals surface area contributed by atoms with Gasteiger partial charge in [0.05, 0.1) is 16.4 Å². The summed E-state index contributed by atoms with van der Waals surface area (Å²) in [6.45, 7) is 1.35. The Labute approximate surface area is 120 Å². The van der Waals surface area contributed by atoms with Crippen molar-refractivity contribution >= 4 is 56.1 Å². The number of benzene rings is 1. The van der Waals surface area contributed by atoms with Crippen LogP contribution in [-0.2, 0) is 9.53 Å². The van der Waals surface area contributed by atoms with Crippen LogP contribution in [0.1, 0.15) is 17.3 Å². The number of aromatic hydroxyl groups is 1. The molecule has 0 radical (unpaired) electrons. The average Bonchev–Trinajstić information content (AvgIpc) is 2.28. The lowest BCUT2D eigenvalue weighted by atomic mass is 10.2. The Balaban J connectivity index is 3.36. The van der Waals surface area contributed by atoms with Gasteiger partial charge in [0, 0.05) is 11.4 Å². The molecule has 0 fully saturated rings. The van der Waals surface area contributed by atoms with E-state index in [-0.39, 0.29) is 17.2 Å². The number of esters is 1. The smallest absolute Gasteiger partial charge is 0.341 e. The van der Waals surface area contributed by atoms with Gasteiger partial charge in [-0.15, -0.1) is 0 Å². The van der Waals surface area contributed by atoms with Gasteiger partial charge in [0.1, 0.15) is 11.3 Å². The second-order valence-electron chi connectivity index (χ2n) is 3.12. The van der Waals surface area contributed by atoms with Crippen molar-refractivity contribution in [2.45, 2.75) is 6.92 Å². The summed E-state index contributed by atoms with van der Waals surface area (Å²) in [5.41, 5.74) is 0.459. The summed E-state index contributed by atoms with van der Waals surface area (Å²) in [6.07, 6.45) is 0. The molecule has 0 heterocycles. The van der Waals surface area contributed by atoms with Crippen LogP contribution in [0.15, 0.2) is 10.5 Å². The quantitative estimate of drug-likeness (QED) is 0.577. The van der Waals surface area contributed by atoms with Crippen LogP contribution < -0.4 is 5.32 Å². The predicted octanol–water partition coefficient (Wildman–Crippen LogP) is 2.50. The van der Waals surface area contributed by atoms with Crippen molar-refractivity contribution in [3.8, 4) is 5.75 Å². The monoisotopic (exact) mass is 413 g/mol. The Bertz CT molecular complexity index is 490. The van der Waals surface area contributed by atoms with E-state index in [1.165, 1.54) is 20.1 Å². The summed E-state index contributed by atoms with van der Waals surface area (Å²) in [5, 5.41) is 12.4. The number of phenolic OH excluding ortho intramolecular Hbond substituents is 1. The van der Waals surface area contributed by atoms with Crippen LogP contribution in [0.5, 0.6) is 5.75 Å². The number of rotatable bonds is 2. The molecule has 92 valence electrons. The number of carbonyl (C=O) groups is 2. The minimum Gasteiger partial charge on any atom is -0.506 e. The fourth-order valence-electron chi connectivity index (χ4n) is 1.16. The number of carbonyl (C=O) groups excluding carboxylic acids is 2. The topological polar surface area (TPSA) is 75.6 Å². The fraction of sp³-hybridized carbons (Fsp3) is 0.200. The molecular weight excluding hydrogens is 405 g/mol. The molecule has 1 aromatic rings. The fourth-order valence-corrected chi connectivity index (χ4v) is 2.78. The number of anilines is 1. The number of hydrogen-bond acceptors (Lipinski definition) is 4. The first kappa shape index (κ1) is 14.2. The lowest BCUT2D eigenvalue weighted by Crippen LogP contribution is -2.10. The van der Waals surface area contributed by atoms with Crippen LogP contribution in [0.25, 0.3) is 0 Å². The van der Waals surface area contributed by atoms with Crippen LogP contribution >= 0.6 is 38.5 Å². The number of amides is 1. The standard InChI is InChI=1S/C10H9BrINO4/c1-4(14)13-8-6(11)3-5(10(16)17-2)9(15)7(8)12/h3,15H,1-2H3,(H,13,14). The Morgan fingerprint density at radius 1 is 1.53 bits per heavy atom. The average molecular weight is 414 g/mol. The van der Waals surface area contributed by atoms with E-state index >= 15 is 0 Å². The molecule has 0 unspecified atom stereocenters. The maximum absolute atomic E-state index is 11.4. The molecule has 0 aliphatic rings. The molecule has 17 heavy (non-hydrogen) atoms. The molecule has 0 saturated heterocycles. The van der Waals surface area contributed by atoms with Gasteiger partial charge in [0.15, 0.2) is 0 Å². The second-order valence-corrected chi connectivity index (χ2v) is 5.05. The second kappa shape index (κ2) is 5.67. The minimum absolute atomic E-state index is 0.0397. The number of methoxy groups -OCH3 is 1. The summed E-state index contributed by atoms with van der Waals surface area (Å²) in [4.78, 5) is 22.4. The number of ether oxygens (including phenoxy) is 1. The summed E-state index contributed by atoms with van der Waals surface area (Å²) in [6, 6.07) is 1.40. The Kier molecular flexibility index (Phi) is 4.75. The molecule has 0 spiro atoms. The summed E-state index contributed by atoms with van der Waals surface area (Å²) in [5.74, 6) is -1.13. The van der Waals surface area contributed by atoms with Gasteiger partial charge in [-0.25, -0.2) is 4.79 Å². The third-order valence-corrected chi connectivity index (χ3v) is 3.57. The molecule has 0 atom stereocenters. The molecule has 5 nitrogen and oxygen atoms in total. The molecule has 0 aliphatic carbocycles. The molecule has 0 saturated carbocycles. The summed E-state index contributed by atoms with van der Waals surface area (Å²) >= 11 is 5.06. The number of nitrogens with one attached hydrogen (secondary N) is 1. The molecule has 0 bridgehead atoms. The van der Waals surface area contributed by atoms with Gasteiger partial charge in [-0.1, -0.05) is 0 Å². The number of phenols is 1. The van der Waals surface area contributed by atoms with E-state index in [2.05, 4.69) is 26.0 Å². The van der Waals surface area contributed by atoms with Gasteiger partial charge in [-0.3, -0.25) is 4.79 Å². The summed E-state index contributed by atoms with van der Waals surface area (Å²) < 4.78 is 5.40. The van der Waals surface area contributed by atoms with Gasteiger partial charge >= 0.3 is 5.97 Å². The van der Waals surface area contributed by atoms with Crippen molar-refractivity contribution in [1.82, 2.24) is 0 Å². The lowest BCUT2D eigenvalue weighted by molar-refractivity contribution is -0.114. The van der Waals surface area contributed by atoms with Crippen LogP contribution in [0, 0.1) is 3.57 Å². The van der Waals surface area contributed by atoms with Gasteiger partial charge in [0.2, 0.25) is 5.91 Å². The Morgan fingerprint density at radius 3 is 2.59 bits per heavy atom. The van der Waals surface area contributed by atoms with E-state index in [0.717, 1.165) is 0 Å². The largest absolute Gasteiger partial charge is 0.506 e. The molecule has 0 aromatic heterocycles. The highest BCUT2D eigenvalue weighted by molar-refractivity contribution is 14.1. The van der Waals surface area contributed by atoms with Gasteiger partial charge in [-0.2, -0.15) is 0 Å². The molecule has 1 rings (SSSR count). The van der Waals surface area contributed by atoms with E-state index in [9.17, 15) is 14.7 Å². The zero-order valence-corrected chi connectivity index (χ0v) is 12.7. The van der Waals surface area contributed by atoms with Crippen molar-refractivity contribution in [3.63, 3.8) is 0 Å². The third-order valence-electron chi connectivity index (χ3n) is 1.90. The van der Waals surface area contributed by atoms with Crippen molar-refractivity contribution in [2.24, 2.45) is 0 Å². The maximum atomic E-state index is 11.4. The van der Waals surface area contributed by atoms with Crippen LogP contribution in [-0.4, -0.2) is 24.1 Å². The van der Waals surface area contributed by atoms with E-state index in [4.69, 9.17) is 0 Å². The first-order valence-corrected chi connectivity index (χ1v) is 6.32. The predicted molar refractivity (Wildman–Crippen MR) is 74.2 cm³/mol. The lowest BCUT2D eigenvalue weighted by Gasteiger charge is -2.12. The van der Waals surface area contributed by atoms with Crippen LogP contribution in [0.2, 0.25) is 0 Å². The Hall–Kier alpha value is -0.830. The highest BCUT2D eigenvalue weighted by Crippen LogP contribution is 2.37. The van der Waals surface area contributed by atoms with Crippen molar-refractivity contribution in [2.75, 3.05) is 12.4 Å². The van der Waals surface area contributed by atoms with Crippen molar-refractivity contribution in [1.29, 1.82) is 0 Å². The van der Waals surface area contributed by atoms with Crippen LogP contribution in [0.4, 0.5) is 5.69 Å². The van der Waals surface area contributed by atoms with E-state index < -0.39 is 5.97 Å². The molecule has 0 aliphatic heterocycles. The summed E-state index contributed by atoms with van der Waals surface area (Å²) in [7, 11) is 1.23. The van der Waals surface area contributed by atoms with E-state index in [1.807, 2.05) is 22.6 Å². The number of hydrogen-bond donors (Lipinski definition) is 2. The van der Waals surface area contributed by atoms with Gasteiger partial charge in [-0.05, 0) is 44.6 Å². The van der Waals surface area contributed by atoms with Crippen molar-refractivity contribution in [3.05, 3.63) is 19.7 Å². The Morgan fingerprint density at radius 2 is 2.12 bits per heavy atom. The van der Waals surface area contributed by atoms with Gasteiger partial charge < -0.3 is 15.2 Å². The molecule has 1 aromatic carbocycles. The normalized spacial score (nSPS) is 9.88. The van der Waals surface area contributed by atoms with Gasteiger partial charge in [0.25, 0.3) is 0 Å². The first-order chi connectivity index (χ1) is 7.88. The highest BCUT2D eigenvalue weighted by atomic mass is 127.